The highest BCUT2D eigenvalue weighted by Gasteiger charge is 2.15. The lowest BCUT2D eigenvalue weighted by atomic mass is 10.1. The van der Waals surface area contributed by atoms with Crippen LogP contribution in [0.5, 0.6) is 0 Å². The van der Waals surface area contributed by atoms with Crippen LogP contribution in [-0.2, 0) is 0 Å². The number of hydrogen-bond donors (Lipinski definition) is 0. The molecule has 0 N–H and O–H groups in total. The molecule has 0 saturated carbocycles. The summed E-state index contributed by atoms with van der Waals surface area (Å²) in [5.41, 5.74) is 1.08. The Morgan fingerprint density at radius 3 is 2.86 bits per heavy atom. The summed E-state index contributed by atoms with van der Waals surface area (Å²) in [4.78, 5) is 11.8. The van der Waals surface area contributed by atoms with Crippen molar-refractivity contribution in [3.8, 4) is 0 Å². The van der Waals surface area contributed by atoms with Crippen molar-refractivity contribution < 1.29 is 9.21 Å². The predicted molar refractivity (Wildman–Crippen MR) is 56.2 cm³/mol. The monoisotopic (exact) mass is 226 g/mol. The Bertz CT molecular complexity index is 470. The molecule has 14 heavy (non-hydrogen) atoms. The minimum Gasteiger partial charge on any atom is -0.469 e. The summed E-state index contributed by atoms with van der Waals surface area (Å²) >= 11 is 7.21. The van der Waals surface area contributed by atoms with E-state index in [4.69, 9.17) is 16.0 Å². The highest BCUT2D eigenvalue weighted by molar-refractivity contribution is 7.14. The lowest BCUT2D eigenvalue weighted by Gasteiger charge is -1.92. The van der Waals surface area contributed by atoms with E-state index in [0.29, 0.717) is 15.5 Å². The Morgan fingerprint density at radius 2 is 2.36 bits per heavy atom. The number of rotatable bonds is 2. The third kappa shape index (κ3) is 1.61. The molecule has 0 saturated heterocycles. The van der Waals surface area contributed by atoms with Gasteiger partial charge in [-0.1, -0.05) is 11.6 Å². The van der Waals surface area contributed by atoms with Gasteiger partial charge in [-0.15, -0.1) is 11.3 Å². The van der Waals surface area contributed by atoms with Gasteiger partial charge in [0.2, 0.25) is 0 Å². The SMILES string of the molecule is Cc1cc(C(=O)c2ccsc2Cl)co1. The van der Waals surface area contributed by atoms with E-state index in [2.05, 4.69) is 0 Å². The summed E-state index contributed by atoms with van der Waals surface area (Å²) in [6.07, 6.45) is 1.45. The zero-order valence-corrected chi connectivity index (χ0v) is 8.98. The molecule has 0 aliphatic heterocycles. The molecule has 0 radical (unpaired) electrons. The Kier molecular flexibility index (Phi) is 2.44. The second-order valence-electron chi connectivity index (χ2n) is 2.88. The summed E-state index contributed by atoms with van der Waals surface area (Å²) < 4.78 is 5.59. The molecule has 2 nitrogen and oxygen atoms in total. The summed E-state index contributed by atoms with van der Waals surface area (Å²) in [6, 6.07) is 3.42. The molecule has 2 rings (SSSR count). The van der Waals surface area contributed by atoms with Crippen molar-refractivity contribution in [2.75, 3.05) is 0 Å². The van der Waals surface area contributed by atoms with Gasteiger partial charge in [-0.25, -0.2) is 0 Å². The first-order valence-electron chi connectivity index (χ1n) is 4.01. The molecule has 0 bridgehead atoms. The zero-order valence-electron chi connectivity index (χ0n) is 7.41. The van der Waals surface area contributed by atoms with Crippen molar-refractivity contribution in [3.63, 3.8) is 0 Å². The quantitative estimate of drug-likeness (QED) is 0.734. The number of halogens is 1. The van der Waals surface area contributed by atoms with Crippen molar-refractivity contribution in [1.82, 2.24) is 0 Å². The molecule has 0 aliphatic carbocycles. The van der Waals surface area contributed by atoms with Crippen LogP contribution in [0, 0.1) is 6.92 Å². The van der Waals surface area contributed by atoms with Gasteiger partial charge in [-0.2, -0.15) is 0 Å². The van der Waals surface area contributed by atoms with Crippen LogP contribution in [0.25, 0.3) is 0 Å². The number of ketones is 1. The molecule has 0 spiro atoms. The lowest BCUT2D eigenvalue weighted by molar-refractivity contribution is 0.103. The number of carbonyl (C=O) groups is 1. The van der Waals surface area contributed by atoms with E-state index >= 15 is 0 Å². The molecule has 0 atom stereocenters. The van der Waals surface area contributed by atoms with Crippen LogP contribution < -0.4 is 0 Å². The third-order valence-electron chi connectivity index (χ3n) is 1.86. The first kappa shape index (κ1) is 9.49. The molecule has 2 aromatic rings. The van der Waals surface area contributed by atoms with Gasteiger partial charge in [-0.05, 0) is 24.4 Å². The average Bonchev–Trinajstić information content (AvgIpc) is 2.73. The van der Waals surface area contributed by atoms with E-state index in [0.717, 1.165) is 5.76 Å². The first-order valence-corrected chi connectivity index (χ1v) is 5.27. The van der Waals surface area contributed by atoms with E-state index in [1.807, 2.05) is 0 Å². The Morgan fingerprint density at radius 1 is 1.57 bits per heavy atom. The number of aryl methyl sites for hydroxylation is 1. The fourth-order valence-corrected chi connectivity index (χ4v) is 2.09. The molecule has 2 heterocycles. The van der Waals surface area contributed by atoms with Crippen LogP contribution in [0.2, 0.25) is 4.34 Å². The minimum absolute atomic E-state index is 0.0897. The molecular weight excluding hydrogens is 220 g/mol. The van der Waals surface area contributed by atoms with Crippen molar-refractivity contribution in [2.45, 2.75) is 6.92 Å². The Balaban J connectivity index is 2.38. The fraction of sp³-hybridized carbons (Fsp3) is 0.100. The summed E-state index contributed by atoms with van der Waals surface area (Å²) in [7, 11) is 0. The highest BCUT2D eigenvalue weighted by Crippen LogP contribution is 2.25. The summed E-state index contributed by atoms with van der Waals surface area (Å²) in [5, 5.41) is 1.79. The van der Waals surface area contributed by atoms with E-state index < -0.39 is 0 Å². The van der Waals surface area contributed by atoms with Crippen LogP contribution >= 0.6 is 22.9 Å². The van der Waals surface area contributed by atoms with Gasteiger partial charge in [0.15, 0.2) is 5.78 Å². The van der Waals surface area contributed by atoms with Gasteiger partial charge in [0.1, 0.15) is 16.4 Å². The van der Waals surface area contributed by atoms with Crippen molar-refractivity contribution in [3.05, 3.63) is 45.0 Å². The fourth-order valence-electron chi connectivity index (χ4n) is 1.17. The van der Waals surface area contributed by atoms with Crippen LogP contribution in [0.4, 0.5) is 0 Å². The molecule has 0 fully saturated rings. The van der Waals surface area contributed by atoms with E-state index in [1.54, 1.807) is 24.4 Å². The number of hydrogen-bond acceptors (Lipinski definition) is 3. The van der Waals surface area contributed by atoms with E-state index in [1.165, 1.54) is 17.6 Å². The average molecular weight is 227 g/mol. The number of carbonyl (C=O) groups excluding carboxylic acids is 1. The van der Waals surface area contributed by atoms with Crippen molar-refractivity contribution in [1.29, 1.82) is 0 Å². The van der Waals surface area contributed by atoms with E-state index in [9.17, 15) is 4.79 Å². The van der Waals surface area contributed by atoms with Crippen molar-refractivity contribution >= 4 is 28.7 Å². The molecule has 0 aliphatic rings. The van der Waals surface area contributed by atoms with E-state index in [-0.39, 0.29) is 5.78 Å². The Labute approximate surface area is 90.1 Å². The second kappa shape index (κ2) is 3.59. The largest absolute Gasteiger partial charge is 0.469 e. The maximum Gasteiger partial charge on any atom is 0.198 e. The van der Waals surface area contributed by atoms with Gasteiger partial charge >= 0.3 is 0 Å². The molecule has 0 amide bonds. The molecular formula is C10H7ClO2S. The van der Waals surface area contributed by atoms with Gasteiger partial charge in [-0.3, -0.25) is 4.79 Å². The maximum absolute atomic E-state index is 11.8. The van der Waals surface area contributed by atoms with Crippen LogP contribution in [-0.4, -0.2) is 5.78 Å². The van der Waals surface area contributed by atoms with Crippen LogP contribution in [0.1, 0.15) is 21.7 Å². The van der Waals surface area contributed by atoms with Gasteiger partial charge in [0, 0.05) is 0 Å². The predicted octanol–water partition coefficient (Wildman–Crippen LogP) is 3.53. The maximum atomic E-state index is 11.8. The van der Waals surface area contributed by atoms with Gasteiger partial charge < -0.3 is 4.42 Å². The van der Waals surface area contributed by atoms with Crippen LogP contribution in [0.15, 0.2) is 28.2 Å². The first-order chi connectivity index (χ1) is 6.68. The highest BCUT2D eigenvalue weighted by atomic mass is 35.5. The minimum atomic E-state index is -0.0897. The Hall–Kier alpha value is -1.06. The number of furan rings is 1. The normalized spacial score (nSPS) is 10.4. The summed E-state index contributed by atoms with van der Waals surface area (Å²) in [6.45, 7) is 1.80. The lowest BCUT2D eigenvalue weighted by Crippen LogP contribution is -1.97. The second-order valence-corrected chi connectivity index (χ2v) is 4.40. The molecule has 0 unspecified atom stereocenters. The molecule has 2 aromatic heterocycles. The van der Waals surface area contributed by atoms with Gasteiger partial charge in [0.05, 0.1) is 11.1 Å². The zero-order chi connectivity index (χ0) is 10.1. The number of thiophene rings is 1. The summed E-state index contributed by atoms with van der Waals surface area (Å²) in [5.74, 6) is 0.632. The molecule has 4 heteroatoms. The van der Waals surface area contributed by atoms with Crippen molar-refractivity contribution in [2.24, 2.45) is 0 Å². The molecule has 72 valence electrons. The third-order valence-corrected chi connectivity index (χ3v) is 3.03. The standard InChI is InChI=1S/C10H7ClO2S/c1-6-4-7(5-13-6)9(12)8-2-3-14-10(8)11/h2-5H,1H3. The molecule has 0 aromatic carbocycles. The smallest absolute Gasteiger partial charge is 0.198 e. The van der Waals surface area contributed by atoms with Gasteiger partial charge in [0.25, 0.3) is 0 Å². The van der Waals surface area contributed by atoms with Crippen LogP contribution in [0.3, 0.4) is 0 Å². The topological polar surface area (TPSA) is 30.2 Å².